The summed E-state index contributed by atoms with van der Waals surface area (Å²) in [7, 11) is 0. The summed E-state index contributed by atoms with van der Waals surface area (Å²) in [4.78, 5) is 22.7. The molecule has 2 aromatic rings. The Balaban J connectivity index is 2.29. The average molecular weight is 277 g/mol. The molecule has 0 spiro atoms. The van der Waals surface area contributed by atoms with E-state index >= 15 is 0 Å². The number of ether oxygens (including phenoxy) is 1. The average Bonchev–Trinajstić information content (AvgIpc) is 2.88. The Morgan fingerprint density at radius 1 is 1.40 bits per heavy atom. The Labute approximate surface area is 113 Å². The van der Waals surface area contributed by atoms with E-state index in [1.165, 1.54) is 19.1 Å². The summed E-state index contributed by atoms with van der Waals surface area (Å²) in [6.07, 6.45) is 0. The van der Waals surface area contributed by atoms with Gasteiger partial charge in [-0.2, -0.15) is 5.21 Å². The predicted octanol–water partition coefficient (Wildman–Crippen LogP) is 0.391. The molecule has 0 radical (unpaired) electrons. The number of nitrogens with one attached hydrogen (secondary N) is 2. The number of aromatic nitrogens is 4. The molecule has 0 bridgehead atoms. The molecule has 0 atom stereocenters. The van der Waals surface area contributed by atoms with Gasteiger partial charge in [-0.25, -0.2) is 0 Å². The maximum absolute atomic E-state index is 11.8. The minimum absolute atomic E-state index is 0.0408. The third-order valence-corrected chi connectivity index (χ3v) is 2.27. The van der Waals surface area contributed by atoms with Gasteiger partial charge in [0.25, 0.3) is 11.7 Å². The van der Waals surface area contributed by atoms with Crippen molar-refractivity contribution in [1.82, 2.24) is 20.6 Å². The fourth-order valence-electron chi connectivity index (χ4n) is 1.51. The number of tetrazole rings is 1. The van der Waals surface area contributed by atoms with E-state index in [-0.39, 0.29) is 23.0 Å². The predicted molar refractivity (Wildman–Crippen MR) is 66.3 cm³/mol. The quantitative estimate of drug-likeness (QED) is 0.420. The van der Waals surface area contributed by atoms with E-state index in [1.54, 1.807) is 6.92 Å². The minimum atomic E-state index is -0.659. The second kappa shape index (κ2) is 5.34. The molecule has 9 heteroatoms. The highest BCUT2D eigenvalue weighted by Gasteiger charge is 2.17. The zero-order chi connectivity index (χ0) is 14.7. The Bertz CT molecular complexity index is 653. The van der Waals surface area contributed by atoms with Crippen LogP contribution in [0.15, 0.2) is 12.1 Å². The lowest BCUT2D eigenvalue weighted by Crippen LogP contribution is -2.14. The van der Waals surface area contributed by atoms with E-state index in [9.17, 15) is 14.7 Å². The summed E-state index contributed by atoms with van der Waals surface area (Å²) >= 11 is 0. The molecule has 0 unspecified atom stereocenters. The van der Waals surface area contributed by atoms with Crippen LogP contribution in [0.5, 0.6) is 11.5 Å². The molecule has 3 N–H and O–H groups in total. The third kappa shape index (κ3) is 2.88. The van der Waals surface area contributed by atoms with Crippen LogP contribution in [0.4, 0.5) is 5.69 Å². The van der Waals surface area contributed by atoms with Gasteiger partial charge in [0, 0.05) is 6.92 Å². The largest absolute Gasteiger partial charge is 0.503 e. The Hall–Kier alpha value is -2.97. The van der Waals surface area contributed by atoms with E-state index in [4.69, 9.17) is 4.74 Å². The summed E-state index contributed by atoms with van der Waals surface area (Å²) in [5.74, 6) is -1.82. The highest BCUT2D eigenvalue weighted by atomic mass is 16.5. The van der Waals surface area contributed by atoms with Crippen molar-refractivity contribution in [3.05, 3.63) is 23.5 Å². The number of aromatic hydroxyl groups is 1. The molecule has 1 heterocycles. The number of hydrogen-bond acceptors (Lipinski definition) is 7. The lowest BCUT2D eigenvalue weighted by molar-refractivity contribution is -0.132. The fraction of sp³-hybridized carbons (Fsp3) is 0.182. The number of rotatable bonds is 3. The van der Waals surface area contributed by atoms with Gasteiger partial charge < -0.3 is 15.2 Å². The Morgan fingerprint density at radius 3 is 2.75 bits per heavy atom. The number of nitrogens with zero attached hydrogens (tertiary/aromatic N) is 3. The summed E-state index contributed by atoms with van der Waals surface area (Å²) in [5, 5.41) is 24.8. The zero-order valence-corrected chi connectivity index (χ0v) is 10.7. The van der Waals surface area contributed by atoms with Crippen LogP contribution in [0.1, 0.15) is 23.1 Å². The summed E-state index contributed by atoms with van der Waals surface area (Å²) in [6, 6.07) is 2.99. The number of amides is 1. The van der Waals surface area contributed by atoms with Crippen molar-refractivity contribution in [2.24, 2.45) is 0 Å². The van der Waals surface area contributed by atoms with Gasteiger partial charge in [0.05, 0.1) is 5.69 Å². The molecule has 0 saturated carbocycles. The molecule has 1 aromatic heterocycles. The van der Waals surface area contributed by atoms with Crippen LogP contribution in [0.25, 0.3) is 0 Å². The molecule has 1 aromatic carbocycles. The molecular weight excluding hydrogens is 266 g/mol. The van der Waals surface area contributed by atoms with E-state index in [1.807, 2.05) is 0 Å². The molecule has 1 amide bonds. The second-order valence-electron chi connectivity index (χ2n) is 3.94. The van der Waals surface area contributed by atoms with E-state index < -0.39 is 11.9 Å². The van der Waals surface area contributed by atoms with Crippen LogP contribution in [-0.4, -0.2) is 37.6 Å². The van der Waals surface area contributed by atoms with Crippen LogP contribution >= 0.6 is 0 Å². The lowest BCUT2D eigenvalue weighted by atomic mass is 10.2. The van der Waals surface area contributed by atoms with Gasteiger partial charge in [0.15, 0.2) is 11.5 Å². The van der Waals surface area contributed by atoms with Crippen LogP contribution in [-0.2, 0) is 4.79 Å². The number of H-pyrrole nitrogens is 1. The first-order valence-corrected chi connectivity index (χ1v) is 5.54. The van der Waals surface area contributed by atoms with Crippen molar-refractivity contribution in [1.29, 1.82) is 0 Å². The smallest absolute Gasteiger partial charge is 0.308 e. The van der Waals surface area contributed by atoms with Crippen LogP contribution in [0.2, 0.25) is 0 Å². The first-order valence-electron chi connectivity index (χ1n) is 5.54. The zero-order valence-electron chi connectivity index (χ0n) is 10.7. The van der Waals surface area contributed by atoms with Crippen molar-refractivity contribution < 1.29 is 19.4 Å². The molecule has 0 saturated heterocycles. The summed E-state index contributed by atoms with van der Waals surface area (Å²) in [5.41, 5.74) is 0.763. The number of carbonyl (C=O) groups is 2. The number of phenolic OH excluding ortho intramolecular Hbond substituents is 1. The molecule has 104 valence electrons. The van der Waals surface area contributed by atoms with Crippen LogP contribution in [0, 0.1) is 6.92 Å². The maximum atomic E-state index is 11.8. The summed E-state index contributed by atoms with van der Waals surface area (Å²) in [6.45, 7) is 2.93. The van der Waals surface area contributed by atoms with Crippen molar-refractivity contribution in [3.63, 3.8) is 0 Å². The fourth-order valence-corrected chi connectivity index (χ4v) is 1.51. The molecule has 0 aliphatic heterocycles. The number of carbonyl (C=O) groups excluding carboxylic acids is 2. The van der Waals surface area contributed by atoms with Gasteiger partial charge in [-0.3, -0.25) is 9.59 Å². The monoisotopic (exact) mass is 277 g/mol. The van der Waals surface area contributed by atoms with Crippen LogP contribution < -0.4 is 10.1 Å². The van der Waals surface area contributed by atoms with Gasteiger partial charge in [-0.05, 0) is 29.8 Å². The van der Waals surface area contributed by atoms with Gasteiger partial charge in [0.2, 0.25) is 0 Å². The third-order valence-electron chi connectivity index (χ3n) is 2.27. The highest BCUT2D eigenvalue weighted by Crippen LogP contribution is 2.35. The van der Waals surface area contributed by atoms with Crippen molar-refractivity contribution >= 4 is 17.6 Å². The Kier molecular flexibility index (Phi) is 3.60. The van der Waals surface area contributed by atoms with E-state index in [0.29, 0.717) is 5.56 Å². The SMILES string of the molecule is CC(=O)Oc1cc(C)cc(NC(=O)c2nn[nH]n2)c1O. The standard InChI is InChI=1S/C11H11N5O4/c1-5-3-7(9(18)8(4-5)20-6(2)17)12-11(19)10-13-15-16-14-10/h3-4,18H,1-2H3,(H,12,19)(H,13,14,15,16). The Morgan fingerprint density at radius 2 is 2.15 bits per heavy atom. The number of hydrogen-bond donors (Lipinski definition) is 3. The molecule has 2 rings (SSSR count). The first kappa shape index (κ1) is 13.5. The topological polar surface area (TPSA) is 130 Å². The first-order chi connectivity index (χ1) is 9.47. The number of aryl methyl sites for hydroxylation is 1. The molecule has 0 aliphatic carbocycles. The second-order valence-corrected chi connectivity index (χ2v) is 3.94. The maximum Gasteiger partial charge on any atom is 0.308 e. The van der Waals surface area contributed by atoms with Gasteiger partial charge in [-0.15, -0.1) is 10.2 Å². The number of aromatic amines is 1. The van der Waals surface area contributed by atoms with Gasteiger partial charge in [-0.1, -0.05) is 0 Å². The lowest BCUT2D eigenvalue weighted by Gasteiger charge is -2.11. The normalized spacial score (nSPS) is 10.1. The van der Waals surface area contributed by atoms with E-state index in [0.717, 1.165) is 0 Å². The molecule has 20 heavy (non-hydrogen) atoms. The highest BCUT2D eigenvalue weighted by molar-refractivity contribution is 6.02. The van der Waals surface area contributed by atoms with Gasteiger partial charge in [0.1, 0.15) is 0 Å². The molecular formula is C11H11N5O4. The van der Waals surface area contributed by atoms with Crippen molar-refractivity contribution in [3.8, 4) is 11.5 Å². The molecule has 9 nitrogen and oxygen atoms in total. The minimum Gasteiger partial charge on any atom is -0.503 e. The number of anilines is 1. The number of phenols is 1. The molecule has 0 fully saturated rings. The van der Waals surface area contributed by atoms with Crippen molar-refractivity contribution in [2.45, 2.75) is 13.8 Å². The van der Waals surface area contributed by atoms with Crippen LogP contribution in [0.3, 0.4) is 0 Å². The number of benzene rings is 1. The van der Waals surface area contributed by atoms with E-state index in [2.05, 4.69) is 25.9 Å². The van der Waals surface area contributed by atoms with Gasteiger partial charge >= 0.3 is 5.97 Å². The number of esters is 1. The molecule has 0 aliphatic rings. The summed E-state index contributed by atoms with van der Waals surface area (Å²) < 4.78 is 4.85. The van der Waals surface area contributed by atoms with Crippen molar-refractivity contribution in [2.75, 3.05) is 5.32 Å².